The van der Waals surface area contributed by atoms with Gasteiger partial charge in [0.15, 0.2) is 6.61 Å². The first-order valence-electron chi connectivity index (χ1n) is 6.50. The van der Waals surface area contributed by atoms with Crippen LogP contribution in [0.2, 0.25) is 10.0 Å². The average Bonchev–Trinajstić information content (AvgIpc) is 2.53. The SMILES string of the molecule is Cc1ccc(Cl)c(NC(=O)COc2ccc([N+](=O)[O-])cc2)c1Cl. The van der Waals surface area contributed by atoms with Gasteiger partial charge in [0.25, 0.3) is 11.6 Å². The Morgan fingerprint density at radius 1 is 1.22 bits per heavy atom. The van der Waals surface area contributed by atoms with E-state index in [4.69, 9.17) is 27.9 Å². The molecule has 1 N–H and O–H groups in total. The zero-order valence-corrected chi connectivity index (χ0v) is 13.5. The van der Waals surface area contributed by atoms with Crippen molar-refractivity contribution in [3.8, 4) is 5.75 Å². The Kier molecular flexibility index (Phi) is 5.41. The highest BCUT2D eigenvalue weighted by atomic mass is 35.5. The summed E-state index contributed by atoms with van der Waals surface area (Å²) in [5.41, 5.74) is 1.05. The molecule has 0 aromatic heterocycles. The van der Waals surface area contributed by atoms with Crippen molar-refractivity contribution in [2.75, 3.05) is 11.9 Å². The van der Waals surface area contributed by atoms with Crippen LogP contribution in [0, 0.1) is 17.0 Å². The number of non-ortho nitro benzene ring substituents is 1. The number of hydrogen-bond donors (Lipinski definition) is 1. The normalized spacial score (nSPS) is 10.2. The molecular formula is C15H12Cl2N2O4. The Balaban J connectivity index is 1.98. The van der Waals surface area contributed by atoms with Crippen LogP contribution in [-0.2, 0) is 4.79 Å². The van der Waals surface area contributed by atoms with Gasteiger partial charge >= 0.3 is 0 Å². The molecule has 0 saturated heterocycles. The van der Waals surface area contributed by atoms with Gasteiger partial charge in [-0.25, -0.2) is 0 Å². The van der Waals surface area contributed by atoms with Gasteiger partial charge in [-0.05, 0) is 30.7 Å². The number of carbonyl (C=O) groups excluding carboxylic acids is 1. The number of anilines is 1. The van der Waals surface area contributed by atoms with E-state index in [1.165, 1.54) is 24.3 Å². The Hall–Kier alpha value is -2.31. The van der Waals surface area contributed by atoms with Gasteiger partial charge in [0.2, 0.25) is 0 Å². The molecule has 23 heavy (non-hydrogen) atoms. The number of aryl methyl sites for hydroxylation is 1. The molecule has 0 unspecified atom stereocenters. The number of amides is 1. The van der Waals surface area contributed by atoms with E-state index in [1.807, 2.05) is 0 Å². The molecule has 2 aromatic carbocycles. The number of halogens is 2. The highest BCUT2D eigenvalue weighted by molar-refractivity contribution is 6.40. The summed E-state index contributed by atoms with van der Waals surface area (Å²) in [5, 5.41) is 13.8. The second kappa shape index (κ2) is 7.30. The second-order valence-corrected chi connectivity index (χ2v) is 5.43. The highest BCUT2D eigenvalue weighted by Crippen LogP contribution is 2.32. The van der Waals surface area contributed by atoms with Crippen LogP contribution in [0.5, 0.6) is 5.75 Å². The summed E-state index contributed by atoms with van der Waals surface area (Å²) >= 11 is 12.1. The minimum absolute atomic E-state index is 0.0554. The molecule has 0 radical (unpaired) electrons. The highest BCUT2D eigenvalue weighted by Gasteiger charge is 2.12. The van der Waals surface area contributed by atoms with Crippen molar-refractivity contribution in [1.29, 1.82) is 0 Å². The van der Waals surface area contributed by atoms with E-state index in [0.717, 1.165) is 5.56 Å². The monoisotopic (exact) mass is 354 g/mol. The number of carbonyl (C=O) groups is 1. The van der Waals surface area contributed by atoms with Crippen molar-refractivity contribution in [1.82, 2.24) is 0 Å². The van der Waals surface area contributed by atoms with Gasteiger partial charge in [0.05, 0.1) is 20.7 Å². The second-order valence-electron chi connectivity index (χ2n) is 4.64. The maximum absolute atomic E-state index is 11.9. The molecule has 0 heterocycles. The third kappa shape index (κ3) is 4.34. The van der Waals surface area contributed by atoms with Gasteiger partial charge in [-0.3, -0.25) is 14.9 Å². The molecule has 120 valence electrons. The maximum Gasteiger partial charge on any atom is 0.269 e. The largest absolute Gasteiger partial charge is 0.484 e. The molecule has 0 fully saturated rings. The first kappa shape index (κ1) is 17.1. The number of nitro benzene ring substituents is 1. The smallest absolute Gasteiger partial charge is 0.269 e. The van der Waals surface area contributed by atoms with Crippen LogP contribution < -0.4 is 10.1 Å². The fourth-order valence-corrected chi connectivity index (χ4v) is 2.22. The van der Waals surface area contributed by atoms with Gasteiger partial charge in [-0.1, -0.05) is 29.3 Å². The molecular weight excluding hydrogens is 343 g/mol. The number of nitrogens with zero attached hydrogens (tertiary/aromatic N) is 1. The molecule has 0 atom stereocenters. The van der Waals surface area contributed by atoms with E-state index in [0.29, 0.717) is 21.5 Å². The molecule has 2 rings (SSSR count). The van der Waals surface area contributed by atoms with Crippen molar-refractivity contribution < 1.29 is 14.5 Å². The molecule has 6 nitrogen and oxygen atoms in total. The predicted molar refractivity (Wildman–Crippen MR) is 88.4 cm³/mol. The molecule has 0 saturated carbocycles. The lowest BCUT2D eigenvalue weighted by atomic mass is 10.2. The minimum atomic E-state index is -0.516. The van der Waals surface area contributed by atoms with Crippen molar-refractivity contribution in [3.05, 3.63) is 62.1 Å². The third-order valence-electron chi connectivity index (χ3n) is 2.97. The maximum atomic E-state index is 11.9. The molecule has 1 amide bonds. The molecule has 0 aliphatic carbocycles. The molecule has 0 aliphatic rings. The van der Waals surface area contributed by atoms with Gasteiger partial charge in [0, 0.05) is 12.1 Å². The minimum Gasteiger partial charge on any atom is -0.484 e. The Morgan fingerprint density at radius 2 is 1.87 bits per heavy atom. The van der Waals surface area contributed by atoms with Crippen LogP contribution in [0.1, 0.15) is 5.56 Å². The van der Waals surface area contributed by atoms with Crippen LogP contribution in [0.15, 0.2) is 36.4 Å². The Bertz CT molecular complexity index is 748. The summed E-state index contributed by atoms with van der Waals surface area (Å²) in [7, 11) is 0. The summed E-state index contributed by atoms with van der Waals surface area (Å²) < 4.78 is 5.26. The predicted octanol–water partition coefficient (Wildman–Crippen LogP) is 4.23. The molecule has 8 heteroatoms. The fraction of sp³-hybridized carbons (Fsp3) is 0.133. The average molecular weight is 355 g/mol. The lowest BCUT2D eigenvalue weighted by molar-refractivity contribution is -0.384. The lowest BCUT2D eigenvalue weighted by Crippen LogP contribution is -2.20. The number of nitrogens with one attached hydrogen (secondary N) is 1. The van der Waals surface area contributed by atoms with E-state index < -0.39 is 10.8 Å². The zero-order valence-electron chi connectivity index (χ0n) is 12.0. The van der Waals surface area contributed by atoms with Gasteiger partial charge < -0.3 is 10.1 Å². The standard InChI is InChI=1S/C15H12Cl2N2O4/c1-9-2-7-12(16)15(14(9)17)18-13(20)8-23-11-5-3-10(4-6-11)19(21)22/h2-7H,8H2,1H3,(H,18,20). The molecule has 0 bridgehead atoms. The van der Waals surface area contributed by atoms with Crippen molar-refractivity contribution in [2.45, 2.75) is 6.92 Å². The van der Waals surface area contributed by atoms with Crippen molar-refractivity contribution >= 4 is 40.5 Å². The molecule has 2 aromatic rings. The van der Waals surface area contributed by atoms with Crippen LogP contribution in [-0.4, -0.2) is 17.4 Å². The topological polar surface area (TPSA) is 81.5 Å². The third-order valence-corrected chi connectivity index (χ3v) is 3.77. The van der Waals surface area contributed by atoms with Gasteiger partial charge in [-0.15, -0.1) is 0 Å². The van der Waals surface area contributed by atoms with E-state index in [9.17, 15) is 14.9 Å². The number of ether oxygens (including phenoxy) is 1. The van der Waals surface area contributed by atoms with Crippen molar-refractivity contribution in [2.24, 2.45) is 0 Å². The summed E-state index contributed by atoms with van der Waals surface area (Å²) in [4.78, 5) is 21.9. The van der Waals surface area contributed by atoms with Crippen LogP contribution in [0.25, 0.3) is 0 Å². The summed E-state index contributed by atoms with van der Waals surface area (Å²) in [6.07, 6.45) is 0. The van der Waals surface area contributed by atoms with E-state index >= 15 is 0 Å². The molecule has 0 aliphatic heterocycles. The summed E-state index contributed by atoms with van der Waals surface area (Å²) in [6.45, 7) is 1.51. The van der Waals surface area contributed by atoms with Gasteiger partial charge in [-0.2, -0.15) is 0 Å². The Labute approximate surface area is 142 Å². The van der Waals surface area contributed by atoms with E-state index in [2.05, 4.69) is 5.32 Å². The van der Waals surface area contributed by atoms with Gasteiger partial charge in [0.1, 0.15) is 5.75 Å². The Morgan fingerprint density at radius 3 is 2.48 bits per heavy atom. The quantitative estimate of drug-likeness (QED) is 0.643. The van der Waals surface area contributed by atoms with E-state index in [-0.39, 0.29) is 12.3 Å². The number of nitro groups is 1. The summed E-state index contributed by atoms with van der Waals surface area (Å²) in [5.74, 6) is -0.107. The number of rotatable bonds is 5. The summed E-state index contributed by atoms with van der Waals surface area (Å²) in [6, 6.07) is 8.79. The number of hydrogen-bond acceptors (Lipinski definition) is 4. The van der Waals surface area contributed by atoms with Crippen LogP contribution in [0.3, 0.4) is 0 Å². The zero-order chi connectivity index (χ0) is 17.0. The first-order valence-corrected chi connectivity index (χ1v) is 7.26. The fourth-order valence-electron chi connectivity index (χ4n) is 1.76. The lowest BCUT2D eigenvalue weighted by Gasteiger charge is -2.11. The first-order chi connectivity index (χ1) is 10.9. The van der Waals surface area contributed by atoms with Crippen LogP contribution in [0.4, 0.5) is 11.4 Å². The number of benzene rings is 2. The van der Waals surface area contributed by atoms with Crippen molar-refractivity contribution in [3.63, 3.8) is 0 Å². The van der Waals surface area contributed by atoms with E-state index in [1.54, 1.807) is 19.1 Å². The molecule has 0 spiro atoms. The van der Waals surface area contributed by atoms with Crippen LogP contribution >= 0.6 is 23.2 Å².